The summed E-state index contributed by atoms with van der Waals surface area (Å²) in [5.41, 5.74) is -0.217. The van der Waals surface area contributed by atoms with Gasteiger partial charge in [0.1, 0.15) is 5.76 Å². The van der Waals surface area contributed by atoms with Crippen molar-refractivity contribution in [1.82, 2.24) is 20.3 Å². The summed E-state index contributed by atoms with van der Waals surface area (Å²) in [4.78, 5) is 11.8. The zero-order chi connectivity index (χ0) is 17.2. The first-order valence-corrected chi connectivity index (χ1v) is 6.82. The zero-order valence-electron chi connectivity index (χ0n) is 12.8. The van der Waals surface area contributed by atoms with Crippen molar-refractivity contribution in [2.24, 2.45) is 7.05 Å². The van der Waals surface area contributed by atoms with Crippen LogP contribution in [0.4, 0.5) is 23.7 Å². The minimum atomic E-state index is -4.65. The Morgan fingerprint density at radius 3 is 2.74 bits per heavy atom. The van der Waals surface area contributed by atoms with Gasteiger partial charge in [-0.1, -0.05) is 12.1 Å². The van der Waals surface area contributed by atoms with E-state index < -0.39 is 23.6 Å². The lowest BCUT2D eigenvalue weighted by molar-refractivity contribution is -0.140. The molecular formula is C13H16F3N5O2. The van der Waals surface area contributed by atoms with Crippen molar-refractivity contribution < 1.29 is 22.5 Å². The van der Waals surface area contributed by atoms with Crippen LogP contribution < -0.4 is 10.6 Å². The van der Waals surface area contributed by atoms with Crippen LogP contribution in [0.3, 0.4) is 0 Å². The van der Waals surface area contributed by atoms with Gasteiger partial charge in [-0.05, 0) is 6.92 Å². The van der Waals surface area contributed by atoms with Crippen LogP contribution in [-0.4, -0.2) is 21.0 Å². The number of aromatic nitrogens is 3. The summed E-state index contributed by atoms with van der Waals surface area (Å²) in [6, 6.07) is -0.772. The molecule has 23 heavy (non-hydrogen) atoms. The fourth-order valence-corrected chi connectivity index (χ4v) is 2.06. The van der Waals surface area contributed by atoms with Crippen LogP contribution in [0.25, 0.3) is 0 Å². The van der Waals surface area contributed by atoms with Gasteiger partial charge in [-0.2, -0.15) is 18.3 Å². The Balaban J connectivity index is 2.05. The highest BCUT2D eigenvalue weighted by Gasteiger charge is 2.37. The fourth-order valence-electron chi connectivity index (χ4n) is 2.06. The number of nitrogens with zero attached hydrogens (tertiary/aromatic N) is 3. The third-order valence-electron chi connectivity index (χ3n) is 3.16. The number of carbonyl (C=O) groups excluding carboxylic acids is 1. The highest BCUT2D eigenvalue weighted by molar-refractivity contribution is 5.89. The molecule has 0 spiro atoms. The van der Waals surface area contributed by atoms with Crippen molar-refractivity contribution in [2.45, 2.75) is 33.0 Å². The van der Waals surface area contributed by atoms with E-state index in [4.69, 9.17) is 4.52 Å². The van der Waals surface area contributed by atoms with Gasteiger partial charge in [-0.3, -0.25) is 4.68 Å². The molecule has 0 aliphatic rings. The van der Waals surface area contributed by atoms with Crippen molar-refractivity contribution in [2.75, 3.05) is 5.32 Å². The molecule has 0 aliphatic heterocycles. The Kier molecular flexibility index (Phi) is 4.62. The van der Waals surface area contributed by atoms with E-state index >= 15 is 0 Å². The van der Waals surface area contributed by atoms with Gasteiger partial charge in [0.05, 0.1) is 11.4 Å². The van der Waals surface area contributed by atoms with E-state index in [1.54, 1.807) is 6.92 Å². The Morgan fingerprint density at radius 2 is 2.13 bits per heavy atom. The van der Waals surface area contributed by atoms with E-state index in [2.05, 4.69) is 20.9 Å². The number of hydrogen-bond acceptors (Lipinski definition) is 4. The summed E-state index contributed by atoms with van der Waals surface area (Å²) in [7, 11) is 1.34. The molecule has 0 bridgehead atoms. The molecule has 0 saturated heterocycles. The molecule has 2 aromatic heterocycles. The first kappa shape index (κ1) is 16.8. The second kappa shape index (κ2) is 6.31. The molecule has 7 nitrogen and oxygen atoms in total. The van der Waals surface area contributed by atoms with Crippen LogP contribution in [-0.2, 0) is 26.2 Å². The third kappa shape index (κ3) is 3.82. The predicted octanol–water partition coefficient (Wildman–Crippen LogP) is 2.62. The van der Waals surface area contributed by atoms with Crippen LogP contribution in [0, 0.1) is 6.92 Å². The van der Waals surface area contributed by atoms with Gasteiger partial charge in [0.15, 0.2) is 5.69 Å². The molecular weight excluding hydrogens is 315 g/mol. The van der Waals surface area contributed by atoms with E-state index in [0.29, 0.717) is 23.4 Å². The molecule has 0 aliphatic carbocycles. The molecule has 2 N–H and O–H groups in total. The number of hydrogen-bond donors (Lipinski definition) is 2. The maximum atomic E-state index is 12.8. The standard InChI is InChI=1S/C13H16F3N5O2/c1-4-10-8(7(2)20-23-10)5-17-12(22)18-9-6-21(3)19-11(9)13(14,15)16/h6H,4-5H2,1-3H3,(H2,17,18,22). The number of nitrogens with one attached hydrogen (secondary N) is 2. The summed E-state index contributed by atoms with van der Waals surface area (Å²) in [5.74, 6) is 0.625. The first-order chi connectivity index (χ1) is 10.7. The van der Waals surface area contributed by atoms with E-state index in [0.717, 1.165) is 10.9 Å². The maximum absolute atomic E-state index is 12.8. The van der Waals surface area contributed by atoms with E-state index in [9.17, 15) is 18.0 Å². The van der Waals surface area contributed by atoms with Gasteiger partial charge in [0, 0.05) is 31.8 Å². The highest BCUT2D eigenvalue weighted by atomic mass is 19.4. The summed E-state index contributed by atoms with van der Waals surface area (Å²) in [6.45, 7) is 3.70. The molecule has 0 unspecified atom stereocenters. The molecule has 2 rings (SSSR count). The van der Waals surface area contributed by atoms with E-state index in [-0.39, 0.29) is 6.54 Å². The number of aryl methyl sites for hydroxylation is 3. The van der Waals surface area contributed by atoms with Crippen molar-refractivity contribution in [1.29, 1.82) is 0 Å². The minimum Gasteiger partial charge on any atom is -0.361 e. The molecule has 2 aromatic rings. The quantitative estimate of drug-likeness (QED) is 0.902. The zero-order valence-corrected chi connectivity index (χ0v) is 12.8. The molecule has 0 saturated carbocycles. The average molecular weight is 331 g/mol. The lowest BCUT2D eigenvalue weighted by Gasteiger charge is -2.09. The normalized spacial score (nSPS) is 11.6. The van der Waals surface area contributed by atoms with E-state index in [1.807, 2.05) is 6.92 Å². The summed E-state index contributed by atoms with van der Waals surface area (Å²) >= 11 is 0. The maximum Gasteiger partial charge on any atom is 0.437 e. The van der Waals surface area contributed by atoms with Crippen LogP contribution in [0.5, 0.6) is 0 Å². The summed E-state index contributed by atoms with van der Waals surface area (Å²) < 4.78 is 44.5. The van der Waals surface area contributed by atoms with Crippen molar-refractivity contribution in [3.8, 4) is 0 Å². The van der Waals surface area contributed by atoms with Gasteiger partial charge in [0.25, 0.3) is 0 Å². The predicted molar refractivity (Wildman–Crippen MR) is 74.7 cm³/mol. The molecule has 2 amide bonds. The SMILES string of the molecule is CCc1onc(C)c1CNC(=O)Nc1cn(C)nc1C(F)(F)F. The second-order valence-corrected chi connectivity index (χ2v) is 4.89. The summed E-state index contributed by atoms with van der Waals surface area (Å²) in [6.07, 6.45) is -2.96. The van der Waals surface area contributed by atoms with Gasteiger partial charge in [0.2, 0.25) is 0 Å². The van der Waals surface area contributed by atoms with Gasteiger partial charge in [-0.25, -0.2) is 4.79 Å². The molecule has 0 radical (unpaired) electrons. The lowest BCUT2D eigenvalue weighted by atomic mass is 10.1. The number of urea groups is 1. The van der Waals surface area contributed by atoms with Crippen LogP contribution in [0.15, 0.2) is 10.7 Å². The average Bonchev–Trinajstić information content (AvgIpc) is 2.99. The van der Waals surface area contributed by atoms with Crippen molar-refractivity contribution in [3.05, 3.63) is 28.9 Å². The molecule has 2 heterocycles. The number of carbonyl (C=O) groups is 1. The largest absolute Gasteiger partial charge is 0.437 e. The smallest absolute Gasteiger partial charge is 0.361 e. The Bertz CT molecular complexity index is 705. The number of halogens is 3. The van der Waals surface area contributed by atoms with E-state index in [1.165, 1.54) is 7.05 Å². The molecule has 0 fully saturated rings. The topological polar surface area (TPSA) is 85.0 Å². The van der Waals surface area contributed by atoms with Gasteiger partial charge in [-0.15, -0.1) is 0 Å². The van der Waals surface area contributed by atoms with Crippen molar-refractivity contribution >= 4 is 11.7 Å². The molecule has 0 aromatic carbocycles. The monoisotopic (exact) mass is 331 g/mol. The Hall–Kier alpha value is -2.52. The second-order valence-electron chi connectivity index (χ2n) is 4.89. The number of anilines is 1. The fraction of sp³-hybridized carbons (Fsp3) is 0.462. The van der Waals surface area contributed by atoms with Crippen LogP contribution >= 0.6 is 0 Å². The van der Waals surface area contributed by atoms with Crippen LogP contribution in [0.1, 0.15) is 29.6 Å². The highest BCUT2D eigenvalue weighted by Crippen LogP contribution is 2.33. The molecule has 0 atom stereocenters. The minimum absolute atomic E-state index is 0.103. The van der Waals surface area contributed by atoms with Crippen molar-refractivity contribution in [3.63, 3.8) is 0 Å². The number of amides is 2. The lowest BCUT2D eigenvalue weighted by Crippen LogP contribution is -2.29. The van der Waals surface area contributed by atoms with Gasteiger partial charge < -0.3 is 15.2 Å². The Labute approximate surface area is 129 Å². The van der Waals surface area contributed by atoms with Crippen LogP contribution in [0.2, 0.25) is 0 Å². The molecule has 10 heteroatoms. The first-order valence-electron chi connectivity index (χ1n) is 6.82. The van der Waals surface area contributed by atoms with Gasteiger partial charge >= 0.3 is 12.2 Å². The summed E-state index contributed by atoms with van der Waals surface area (Å²) in [5, 5.41) is 11.7. The Morgan fingerprint density at radius 1 is 1.43 bits per heavy atom. The third-order valence-corrected chi connectivity index (χ3v) is 3.16. The number of rotatable bonds is 4. The number of alkyl halides is 3. The molecule has 126 valence electrons.